The summed E-state index contributed by atoms with van der Waals surface area (Å²) in [5.41, 5.74) is 8.36. The highest BCUT2D eigenvalue weighted by atomic mass is 16.1. The molecule has 0 fully saturated rings. The fourth-order valence-electron chi connectivity index (χ4n) is 1.28. The number of nitrogen functional groups attached to an aromatic ring is 1. The van der Waals surface area contributed by atoms with E-state index < -0.39 is 0 Å². The molecule has 0 saturated heterocycles. The molecule has 0 aliphatic heterocycles. The molecule has 15 heavy (non-hydrogen) atoms. The summed E-state index contributed by atoms with van der Waals surface area (Å²) >= 11 is 0. The van der Waals surface area contributed by atoms with Gasteiger partial charge in [-0.3, -0.25) is 4.79 Å². The van der Waals surface area contributed by atoms with Crippen molar-refractivity contribution in [2.45, 2.75) is 13.8 Å². The van der Waals surface area contributed by atoms with Crippen molar-refractivity contribution in [1.82, 2.24) is 5.32 Å². The largest absolute Gasteiger partial charge is 0.397 e. The molecule has 0 aliphatic rings. The van der Waals surface area contributed by atoms with E-state index in [9.17, 15) is 4.79 Å². The van der Waals surface area contributed by atoms with E-state index in [2.05, 4.69) is 10.6 Å². The van der Waals surface area contributed by atoms with Gasteiger partial charge in [0.1, 0.15) is 0 Å². The first-order valence-corrected chi connectivity index (χ1v) is 5.00. The highest BCUT2D eigenvalue weighted by molar-refractivity contribution is 5.82. The quantitative estimate of drug-likeness (QED) is 0.648. The molecule has 4 heteroatoms. The SMILES string of the molecule is CCNC(=O)CNc1ccc(C)cc1N. The van der Waals surface area contributed by atoms with E-state index in [-0.39, 0.29) is 12.5 Å². The Labute approximate surface area is 89.9 Å². The lowest BCUT2D eigenvalue weighted by molar-refractivity contribution is -0.119. The second kappa shape index (κ2) is 5.24. The Hall–Kier alpha value is -1.71. The van der Waals surface area contributed by atoms with Gasteiger partial charge in [-0.25, -0.2) is 0 Å². The number of carbonyl (C=O) groups is 1. The van der Waals surface area contributed by atoms with Crippen LogP contribution in [0.3, 0.4) is 0 Å². The van der Waals surface area contributed by atoms with Gasteiger partial charge < -0.3 is 16.4 Å². The molecule has 0 bridgehead atoms. The summed E-state index contributed by atoms with van der Waals surface area (Å²) in [6, 6.07) is 5.71. The van der Waals surface area contributed by atoms with Crippen LogP contribution in [-0.4, -0.2) is 19.0 Å². The van der Waals surface area contributed by atoms with Gasteiger partial charge >= 0.3 is 0 Å². The van der Waals surface area contributed by atoms with Crippen molar-refractivity contribution in [3.8, 4) is 0 Å². The minimum atomic E-state index is -0.0301. The molecule has 0 aromatic heterocycles. The van der Waals surface area contributed by atoms with Gasteiger partial charge in [-0.05, 0) is 31.5 Å². The number of aryl methyl sites for hydroxylation is 1. The molecule has 0 saturated carbocycles. The monoisotopic (exact) mass is 207 g/mol. The molecule has 0 aliphatic carbocycles. The summed E-state index contributed by atoms with van der Waals surface area (Å²) in [7, 11) is 0. The minimum Gasteiger partial charge on any atom is -0.397 e. The molecular weight excluding hydrogens is 190 g/mol. The number of hydrogen-bond donors (Lipinski definition) is 3. The zero-order chi connectivity index (χ0) is 11.3. The molecule has 1 aromatic carbocycles. The Kier molecular flexibility index (Phi) is 3.97. The molecule has 82 valence electrons. The maximum Gasteiger partial charge on any atom is 0.239 e. The lowest BCUT2D eigenvalue weighted by Crippen LogP contribution is -2.29. The van der Waals surface area contributed by atoms with Crippen LogP contribution < -0.4 is 16.4 Å². The first kappa shape index (κ1) is 11.4. The van der Waals surface area contributed by atoms with Crippen LogP contribution in [0, 0.1) is 6.92 Å². The molecule has 1 rings (SSSR count). The average molecular weight is 207 g/mol. The Balaban J connectivity index is 2.54. The van der Waals surface area contributed by atoms with Crippen LogP contribution in [-0.2, 0) is 4.79 Å². The smallest absolute Gasteiger partial charge is 0.239 e. The summed E-state index contributed by atoms with van der Waals surface area (Å²) in [4.78, 5) is 11.2. The molecule has 1 aromatic rings. The van der Waals surface area contributed by atoms with Crippen molar-refractivity contribution in [2.75, 3.05) is 24.1 Å². The van der Waals surface area contributed by atoms with Gasteiger partial charge in [-0.2, -0.15) is 0 Å². The van der Waals surface area contributed by atoms with Gasteiger partial charge in [0.15, 0.2) is 0 Å². The second-order valence-electron chi connectivity index (χ2n) is 3.40. The van der Waals surface area contributed by atoms with Gasteiger partial charge in [0.2, 0.25) is 5.91 Å². The highest BCUT2D eigenvalue weighted by Gasteiger charge is 2.01. The molecule has 4 nitrogen and oxygen atoms in total. The number of likely N-dealkylation sites (N-methyl/N-ethyl adjacent to an activating group) is 1. The van der Waals surface area contributed by atoms with Crippen LogP contribution in [0.1, 0.15) is 12.5 Å². The van der Waals surface area contributed by atoms with E-state index in [1.54, 1.807) is 0 Å². The average Bonchev–Trinajstić information content (AvgIpc) is 2.17. The van der Waals surface area contributed by atoms with Crippen molar-refractivity contribution in [1.29, 1.82) is 0 Å². The Bertz CT molecular complexity index is 350. The lowest BCUT2D eigenvalue weighted by atomic mass is 10.2. The standard InChI is InChI=1S/C11H17N3O/c1-3-13-11(15)7-14-10-5-4-8(2)6-9(10)12/h4-6,14H,3,7,12H2,1-2H3,(H,13,15). The van der Waals surface area contributed by atoms with Crippen molar-refractivity contribution < 1.29 is 4.79 Å². The predicted octanol–water partition coefficient (Wildman–Crippen LogP) is 1.13. The van der Waals surface area contributed by atoms with E-state index in [1.807, 2.05) is 32.0 Å². The third-order valence-electron chi connectivity index (χ3n) is 2.02. The minimum absolute atomic E-state index is 0.0301. The molecule has 0 unspecified atom stereocenters. The first-order chi connectivity index (χ1) is 7.13. The number of benzene rings is 1. The molecule has 0 atom stereocenters. The van der Waals surface area contributed by atoms with Gasteiger partial charge in [-0.1, -0.05) is 6.07 Å². The molecule has 0 radical (unpaired) electrons. The summed E-state index contributed by atoms with van der Waals surface area (Å²) in [5.74, 6) is -0.0301. The topological polar surface area (TPSA) is 67.2 Å². The summed E-state index contributed by atoms with van der Waals surface area (Å²) < 4.78 is 0. The van der Waals surface area contributed by atoms with Crippen molar-refractivity contribution >= 4 is 17.3 Å². The summed E-state index contributed by atoms with van der Waals surface area (Å²) in [6.07, 6.45) is 0. The molecule has 0 heterocycles. The van der Waals surface area contributed by atoms with E-state index in [4.69, 9.17) is 5.73 Å². The van der Waals surface area contributed by atoms with Crippen molar-refractivity contribution in [3.05, 3.63) is 23.8 Å². The van der Waals surface area contributed by atoms with E-state index >= 15 is 0 Å². The fraction of sp³-hybridized carbons (Fsp3) is 0.364. The number of nitrogens with two attached hydrogens (primary N) is 1. The zero-order valence-corrected chi connectivity index (χ0v) is 9.13. The third-order valence-corrected chi connectivity index (χ3v) is 2.02. The maximum absolute atomic E-state index is 11.2. The van der Waals surface area contributed by atoms with E-state index in [0.717, 1.165) is 11.3 Å². The van der Waals surface area contributed by atoms with Gasteiger partial charge in [0.25, 0.3) is 0 Å². The number of anilines is 2. The van der Waals surface area contributed by atoms with Crippen LogP contribution in [0.25, 0.3) is 0 Å². The normalized spacial score (nSPS) is 9.73. The number of carbonyl (C=O) groups excluding carboxylic acids is 1. The molecular formula is C11H17N3O. The van der Waals surface area contributed by atoms with Crippen LogP contribution in [0.2, 0.25) is 0 Å². The van der Waals surface area contributed by atoms with Gasteiger partial charge in [-0.15, -0.1) is 0 Å². The first-order valence-electron chi connectivity index (χ1n) is 5.00. The summed E-state index contributed by atoms with van der Waals surface area (Å²) in [6.45, 7) is 4.76. The van der Waals surface area contributed by atoms with Gasteiger partial charge in [0, 0.05) is 6.54 Å². The van der Waals surface area contributed by atoms with Crippen molar-refractivity contribution in [2.24, 2.45) is 0 Å². The van der Waals surface area contributed by atoms with E-state index in [0.29, 0.717) is 12.2 Å². The maximum atomic E-state index is 11.2. The highest BCUT2D eigenvalue weighted by Crippen LogP contribution is 2.18. The zero-order valence-electron chi connectivity index (χ0n) is 9.13. The fourth-order valence-corrected chi connectivity index (χ4v) is 1.28. The van der Waals surface area contributed by atoms with Crippen LogP contribution >= 0.6 is 0 Å². The summed E-state index contributed by atoms with van der Waals surface area (Å²) in [5, 5.41) is 5.69. The predicted molar refractivity (Wildman–Crippen MR) is 62.8 cm³/mol. The van der Waals surface area contributed by atoms with Crippen LogP contribution in [0.4, 0.5) is 11.4 Å². The third kappa shape index (κ3) is 3.50. The Morgan fingerprint density at radius 1 is 1.47 bits per heavy atom. The Morgan fingerprint density at radius 2 is 2.20 bits per heavy atom. The number of hydrogen-bond acceptors (Lipinski definition) is 3. The number of nitrogens with one attached hydrogen (secondary N) is 2. The van der Waals surface area contributed by atoms with E-state index in [1.165, 1.54) is 0 Å². The Morgan fingerprint density at radius 3 is 2.80 bits per heavy atom. The second-order valence-corrected chi connectivity index (χ2v) is 3.40. The van der Waals surface area contributed by atoms with Crippen LogP contribution in [0.5, 0.6) is 0 Å². The van der Waals surface area contributed by atoms with Crippen molar-refractivity contribution in [3.63, 3.8) is 0 Å². The molecule has 0 spiro atoms. The lowest BCUT2D eigenvalue weighted by Gasteiger charge is -2.09. The van der Waals surface area contributed by atoms with Gasteiger partial charge in [0.05, 0.1) is 17.9 Å². The molecule has 4 N–H and O–H groups in total. The number of rotatable bonds is 4. The van der Waals surface area contributed by atoms with Crippen LogP contribution in [0.15, 0.2) is 18.2 Å². The molecule has 1 amide bonds. The number of amides is 1.